The van der Waals surface area contributed by atoms with Crippen LogP contribution in [0, 0.1) is 0 Å². The number of ether oxygens (including phenoxy) is 1. The van der Waals surface area contributed by atoms with Gasteiger partial charge in [-0.15, -0.1) is 0 Å². The zero-order valence-electron chi connectivity index (χ0n) is 7.20. The normalized spacial score (nSPS) is 20.1. The minimum absolute atomic E-state index is 0.162. The van der Waals surface area contributed by atoms with E-state index in [-0.39, 0.29) is 5.91 Å². The molecular formula is C9H10N2O2. The molecule has 1 aliphatic rings. The summed E-state index contributed by atoms with van der Waals surface area (Å²) in [4.78, 5) is 11.2. The van der Waals surface area contributed by atoms with Crippen LogP contribution < -0.4 is 15.8 Å². The molecule has 3 N–H and O–H groups in total. The van der Waals surface area contributed by atoms with Gasteiger partial charge >= 0.3 is 0 Å². The molecule has 0 saturated heterocycles. The number of rotatable bonds is 0. The summed E-state index contributed by atoms with van der Waals surface area (Å²) >= 11 is 0. The van der Waals surface area contributed by atoms with E-state index < -0.39 is 6.10 Å². The first-order valence-corrected chi connectivity index (χ1v) is 4.04. The van der Waals surface area contributed by atoms with E-state index >= 15 is 0 Å². The summed E-state index contributed by atoms with van der Waals surface area (Å²) in [7, 11) is 0. The summed E-state index contributed by atoms with van der Waals surface area (Å²) in [6.45, 7) is 1.70. The summed E-state index contributed by atoms with van der Waals surface area (Å²) in [6.07, 6.45) is -0.450. The van der Waals surface area contributed by atoms with Crippen LogP contribution >= 0.6 is 0 Å². The van der Waals surface area contributed by atoms with E-state index in [0.717, 1.165) is 0 Å². The molecule has 13 heavy (non-hydrogen) atoms. The van der Waals surface area contributed by atoms with Gasteiger partial charge in [-0.3, -0.25) is 4.79 Å². The maximum absolute atomic E-state index is 11.2. The topological polar surface area (TPSA) is 64.3 Å². The molecule has 1 atom stereocenters. The molecule has 0 fully saturated rings. The Morgan fingerprint density at radius 1 is 1.54 bits per heavy atom. The van der Waals surface area contributed by atoms with E-state index in [0.29, 0.717) is 17.1 Å². The molecule has 1 aromatic carbocycles. The molecule has 0 saturated carbocycles. The molecule has 68 valence electrons. The number of carbonyl (C=O) groups is 1. The van der Waals surface area contributed by atoms with Crippen LogP contribution in [0.2, 0.25) is 0 Å². The van der Waals surface area contributed by atoms with E-state index in [9.17, 15) is 4.79 Å². The highest BCUT2D eigenvalue weighted by Crippen LogP contribution is 2.34. The number of nitrogen functional groups attached to an aromatic ring is 1. The predicted molar refractivity (Wildman–Crippen MR) is 49.6 cm³/mol. The van der Waals surface area contributed by atoms with Crippen molar-refractivity contribution in [3.8, 4) is 5.75 Å². The zero-order chi connectivity index (χ0) is 9.42. The van der Waals surface area contributed by atoms with Gasteiger partial charge in [0, 0.05) is 0 Å². The SMILES string of the molecule is CC1Oc2cccc(N)c2NC1=O. The smallest absolute Gasteiger partial charge is 0.265 e. The molecule has 1 unspecified atom stereocenters. The second-order valence-corrected chi connectivity index (χ2v) is 2.97. The molecule has 4 heteroatoms. The molecule has 1 amide bonds. The lowest BCUT2D eigenvalue weighted by molar-refractivity contribution is -0.122. The van der Waals surface area contributed by atoms with Gasteiger partial charge < -0.3 is 15.8 Å². The Bertz CT molecular complexity index is 363. The fourth-order valence-corrected chi connectivity index (χ4v) is 1.25. The summed E-state index contributed by atoms with van der Waals surface area (Å²) in [5.41, 5.74) is 6.75. The molecule has 1 aromatic rings. The number of hydrogen-bond donors (Lipinski definition) is 2. The van der Waals surface area contributed by atoms with Crippen molar-refractivity contribution in [3.05, 3.63) is 18.2 Å². The van der Waals surface area contributed by atoms with Crippen LogP contribution in [0.5, 0.6) is 5.75 Å². The number of nitrogens with two attached hydrogens (primary N) is 1. The number of amides is 1. The van der Waals surface area contributed by atoms with Crippen LogP contribution in [0.15, 0.2) is 18.2 Å². The molecule has 0 spiro atoms. The average Bonchev–Trinajstić information content (AvgIpc) is 2.09. The summed E-state index contributed by atoms with van der Waals surface area (Å²) < 4.78 is 5.33. The van der Waals surface area contributed by atoms with E-state index in [1.54, 1.807) is 25.1 Å². The van der Waals surface area contributed by atoms with Gasteiger partial charge in [-0.2, -0.15) is 0 Å². The predicted octanol–water partition coefficient (Wildman–Crippen LogP) is 0.988. The average molecular weight is 178 g/mol. The van der Waals surface area contributed by atoms with Crippen molar-refractivity contribution >= 4 is 17.3 Å². The maximum Gasteiger partial charge on any atom is 0.265 e. The molecule has 0 bridgehead atoms. The number of anilines is 2. The number of benzene rings is 1. The van der Waals surface area contributed by atoms with Crippen LogP contribution in [-0.2, 0) is 4.79 Å². The minimum Gasteiger partial charge on any atom is -0.479 e. The number of nitrogens with one attached hydrogen (secondary N) is 1. The highest BCUT2D eigenvalue weighted by molar-refractivity contribution is 6.00. The Kier molecular flexibility index (Phi) is 1.62. The summed E-state index contributed by atoms with van der Waals surface area (Å²) in [5.74, 6) is 0.470. The standard InChI is InChI=1S/C9H10N2O2/c1-5-9(12)11-8-6(10)3-2-4-7(8)13-5/h2-5H,10H2,1H3,(H,11,12). The third-order valence-corrected chi connectivity index (χ3v) is 1.98. The third kappa shape index (κ3) is 1.20. The van der Waals surface area contributed by atoms with Gasteiger partial charge in [0.15, 0.2) is 6.10 Å². The van der Waals surface area contributed by atoms with Crippen LogP contribution in [0.4, 0.5) is 11.4 Å². The molecule has 2 rings (SSSR count). The van der Waals surface area contributed by atoms with Gasteiger partial charge in [-0.05, 0) is 19.1 Å². The Balaban J connectivity index is 2.48. The quantitative estimate of drug-likeness (QED) is 0.582. The summed E-state index contributed by atoms with van der Waals surface area (Å²) in [6, 6.07) is 5.29. The Hall–Kier alpha value is -1.71. The van der Waals surface area contributed by atoms with Gasteiger partial charge in [-0.1, -0.05) is 6.07 Å². The van der Waals surface area contributed by atoms with E-state index in [1.807, 2.05) is 0 Å². The van der Waals surface area contributed by atoms with Gasteiger partial charge in [-0.25, -0.2) is 0 Å². The number of carbonyl (C=O) groups excluding carboxylic acids is 1. The van der Waals surface area contributed by atoms with Crippen LogP contribution in [0.3, 0.4) is 0 Å². The van der Waals surface area contributed by atoms with Crippen LogP contribution in [0.25, 0.3) is 0 Å². The van der Waals surface area contributed by atoms with Gasteiger partial charge in [0.1, 0.15) is 11.4 Å². The Morgan fingerprint density at radius 3 is 3.08 bits per heavy atom. The lowest BCUT2D eigenvalue weighted by Crippen LogP contribution is -2.34. The zero-order valence-corrected chi connectivity index (χ0v) is 7.20. The van der Waals surface area contributed by atoms with Crippen molar-refractivity contribution in [2.24, 2.45) is 0 Å². The van der Waals surface area contributed by atoms with Crippen molar-refractivity contribution in [1.82, 2.24) is 0 Å². The summed E-state index contributed by atoms with van der Waals surface area (Å²) in [5, 5.41) is 2.69. The number of para-hydroxylation sites is 1. The second-order valence-electron chi connectivity index (χ2n) is 2.97. The molecule has 4 nitrogen and oxygen atoms in total. The number of hydrogen-bond acceptors (Lipinski definition) is 3. The third-order valence-electron chi connectivity index (χ3n) is 1.98. The van der Waals surface area contributed by atoms with E-state index in [2.05, 4.69) is 5.32 Å². The molecule has 0 radical (unpaired) electrons. The Labute approximate surface area is 75.7 Å². The van der Waals surface area contributed by atoms with Gasteiger partial charge in [0.25, 0.3) is 5.91 Å². The lowest BCUT2D eigenvalue weighted by Gasteiger charge is -2.23. The van der Waals surface area contributed by atoms with Gasteiger partial charge in [0.05, 0.1) is 5.69 Å². The van der Waals surface area contributed by atoms with Crippen molar-refractivity contribution in [3.63, 3.8) is 0 Å². The van der Waals surface area contributed by atoms with E-state index in [4.69, 9.17) is 10.5 Å². The molecule has 0 aromatic heterocycles. The largest absolute Gasteiger partial charge is 0.479 e. The van der Waals surface area contributed by atoms with Crippen LogP contribution in [-0.4, -0.2) is 12.0 Å². The first-order chi connectivity index (χ1) is 6.18. The second kappa shape index (κ2) is 2.65. The monoisotopic (exact) mass is 178 g/mol. The molecule has 1 aliphatic heterocycles. The fourth-order valence-electron chi connectivity index (χ4n) is 1.25. The lowest BCUT2D eigenvalue weighted by atomic mass is 10.2. The molecule has 0 aliphatic carbocycles. The molecular weight excluding hydrogens is 168 g/mol. The van der Waals surface area contributed by atoms with Crippen molar-refractivity contribution in [2.45, 2.75) is 13.0 Å². The maximum atomic E-state index is 11.2. The van der Waals surface area contributed by atoms with E-state index in [1.165, 1.54) is 0 Å². The van der Waals surface area contributed by atoms with Crippen molar-refractivity contribution in [2.75, 3.05) is 11.1 Å². The Morgan fingerprint density at radius 2 is 2.31 bits per heavy atom. The van der Waals surface area contributed by atoms with Crippen molar-refractivity contribution in [1.29, 1.82) is 0 Å². The molecule has 1 heterocycles. The van der Waals surface area contributed by atoms with Crippen molar-refractivity contribution < 1.29 is 9.53 Å². The van der Waals surface area contributed by atoms with Gasteiger partial charge in [0.2, 0.25) is 0 Å². The first kappa shape index (κ1) is 7.91. The fraction of sp³-hybridized carbons (Fsp3) is 0.222. The minimum atomic E-state index is -0.450. The highest BCUT2D eigenvalue weighted by Gasteiger charge is 2.24. The van der Waals surface area contributed by atoms with Crippen LogP contribution in [0.1, 0.15) is 6.92 Å². The highest BCUT2D eigenvalue weighted by atomic mass is 16.5. The number of fused-ring (bicyclic) bond motifs is 1. The first-order valence-electron chi connectivity index (χ1n) is 4.04.